The number of nitrogens with zero attached hydrogens (tertiary/aromatic N) is 4. The Morgan fingerprint density at radius 2 is 2.04 bits per heavy atom. The van der Waals surface area contributed by atoms with Gasteiger partial charge >= 0.3 is 0 Å². The molecular formula is C20H14ClN5O2. The zero-order valence-electron chi connectivity index (χ0n) is 14.7. The maximum atomic E-state index is 12.4. The zero-order valence-corrected chi connectivity index (χ0v) is 15.5. The van der Waals surface area contributed by atoms with Crippen molar-refractivity contribution in [3.05, 3.63) is 70.6 Å². The van der Waals surface area contributed by atoms with Crippen LogP contribution >= 0.6 is 11.6 Å². The minimum atomic E-state index is -0.481. The van der Waals surface area contributed by atoms with Crippen molar-refractivity contribution in [1.82, 2.24) is 24.3 Å². The molecule has 3 aromatic heterocycles. The Hall–Kier alpha value is -3.58. The molecule has 2 aromatic carbocycles. The molecule has 0 saturated heterocycles. The molecule has 0 aliphatic rings. The molecule has 0 bridgehead atoms. The molecule has 0 aliphatic carbocycles. The second kappa shape index (κ2) is 5.97. The van der Waals surface area contributed by atoms with E-state index in [1.807, 2.05) is 42.1 Å². The highest BCUT2D eigenvalue weighted by atomic mass is 35.5. The van der Waals surface area contributed by atoms with E-state index in [9.17, 15) is 9.90 Å². The van der Waals surface area contributed by atoms with Crippen molar-refractivity contribution in [2.45, 2.75) is 0 Å². The fourth-order valence-corrected chi connectivity index (χ4v) is 3.77. The third-order valence-electron chi connectivity index (χ3n) is 4.89. The van der Waals surface area contributed by atoms with Gasteiger partial charge in [0.1, 0.15) is 12.7 Å². The van der Waals surface area contributed by atoms with Gasteiger partial charge in [0.05, 0.1) is 10.5 Å². The van der Waals surface area contributed by atoms with Crippen LogP contribution < -0.4 is 5.56 Å². The summed E-state index contributed by atoms with van der Waals surface area (Å²) < 4.78 is 3.28. The predicted molar refractivity (Wildman–Crippen MR) is 108 cm³/mol. The van der Waals surface area contributed by atoms with Crippen molar-refractivity contribution < 1.29 is 5.11 Å². The molecule has 0 fully saturated rings. The molecule has 0 amide bonds. The maximum absolute atomic E-state index is 12.4. The Labute approximate surface area is 163 Å². The second-order valence-electron chi connectivity index (χ2n) is 6.57. The molecule has 0 unspecified atom stereocenters. The van der Waals surface area contributed by atoms with E-state index >= 15 is 0 Å². The summed E-state index contributed by atoms with van der Waals surface area (Å²) in [5.41, 5.74) is 2.76. The molecule has 2 N–H and O–H groups in total. The van der Waals surface area contributed by atoms with E-state index in [0.29, 0.717) is 15.9 Å². The van der Waals surface area contributed by atoms with E-state index in [-0.39, 0.29) is 11.4 Å². The molecule has 0 saturated carbocycles. The van der Waals surface area contributed by atoms with Crippen LogP contribution in [0.1, 0.15) is 0 Å². The van der Waals surface area contributed by atoms with Crippen LogP contribution in [0.4, 0.5) is 0 Å². The van der Waals surface area contributed by atoms with Crippen molar-refractivity contribution in [3.63, 3.8) is 0 Å². The fourth-order valence-electron chi connectivity index (χ4n) is 3.50. The average molecular weight is 392 g/mol. The van der Waals surface area contributed by atoms with Gasteiger partial charge in [-0.3, -0.25) is 4.79 Å². The monoisotopic (exact) mass is 391 g/mol. The van der Waals surface area contributed by atoms with E-state index < -0.39 is 5.56 Å². The summed E-state index contributed by atoms with van der Waals surface area (Å²) in [4.78, 5) is 19.0. The third-order valence-corrected chi connectivity index (χ3v) is 5.21. The summed E-state index contributed by atoms with van der Waals surface area (Å²) in [5.74, 6) is -0.178. The van der Waals surface area contributed by atoms with Crippen LogP contribution in [-0.4, -0.2) is 29.4 Å². The standard InChI is InChI=1S/C20H14ClN5O2/c1-25-5-4-12-6-11(2-3-17(12)25)13-7-14-16(8-15(13)21)24-20(28)18(19(14)27)26-10-22-9-23-26/h2-10H,1H3,(H2,24,27,28). The van der Waals surface area contributed by atoms with Gasteiger partial charge in [-0.1, -0.05) is 17.7 Å². The molecule has 0 aliphatic heterocycles. The predicted octanol–water partition coefficient (Wildman–Crippen LogP) is 3.63. The Morgan fingerprint density at radius 1 is 1.18 bits per heavy atom. The lowest BCUT2D eigenvalue weighted by Gasteiger charge is -2.11. The Kier molecular flexibility index (Phi) is 3.53. The van der Waals surface area contributed by atoms with Crippen LogP contribution in [0.25, 0.3) is 38.6 Å². The lowest BCUT2D eigenvalue weighted by Crippen LogP contribution is -2.15. The first kappa shape index (κ1) is 16.6. The number of fused-ring (bicyclic) bond motifs is 2. The smallest absolute Gasteiger partial charge is 0.278 e. The number of aromatic amines is 1. The lowest BCUT2D eigenvalue weighted by atomic mass is 10.0. The van der Waals surface area contributed by atoms with E-state index in [2.05, 4.69) is 15.1 Å². The van der Waals surface area contributed by atoms with Crippen molar-refractivity contribution >= 4 is 33.4 Å². The summed E-state index contributed by atoms with van der Waals surface area (Å²) in [5, 5.41) is 16.8. The van der Waals surface area contributed by atoms with Gasteiger partial charge in [-0.25, -0.2) is 9.67 Å². The van der Waals surface area contributed by atoms with Crippen LogP contribution in [0.3, 0.4) is 0 Å². The number of rotatable bonds is 2. The van der Waals surface area contributed by atoms with Gasteiger partial charge in [-0.15, -0.1) is 0 Å². The number of hydrogen-bond donors (Lipinski definition) is 2. The number of aryl methyl sites for hydroxylation is 1. The van der Waals surface area contributed by atoms with Crippen molar-refractivity contribution in [3.8, 4) is 22.6 Å². The molecule has 138 valence electrons. The molecule has 3 heterocycles. The Bertz CT molecular complexity index is 1420. The second-order valence-corrected chi connectivity index (χ2v) is 6.98. The molecule has 5 aromatic rings. The zero-order chi connectivity index (χ0) is 19.4. The normalized spacial score (nSPS) is 11.5. The SMILES string of the molecule is Cn1ccc2cc(-c3cc4c(O)c(-n5cncn5)c(=O)[nH]c4cc3Cl)ccc21. The molecule has 5 rings (SSSR count). The molecule has 0 atom stereocenters. The highest BCUT2D eigenvalue weighted by Gasteiger charge is 2.17. The third kappa shape index (κ3) is 2.40. The van der Waals surface area contributed by atoms with Crippen LogP contribution in [0.2, 0.25) is 5.02 Å². The summed E-state index contributed by atoms with van der Waals surface area (Å²) in [6, 6.07) is 11.5. The van der Waals surface area contributed by atoms with E-state index in [1.54, 1.807) is 12.1 Å². The first-order valence-corrected chi connectivity index (χ1v) is 8.89. The summed E-state index contributed by atoms with van der Waals surface area (Å²) in [6.07, 6.45) is 4.65. The van der Waals surface area contributed by atoms with Gasteiger partial charge in [-0.05, 0) is 35.9 Å². The minimum Gasteiger partial charge on any atom is -0.505 e. The topological polar surface area (TPSA) is 88.7 Å². The van der Waals surface area contributed by atoms with Gasteiger partial charge in [0.25, 0.3) is 5.56 Å². The molecule has 0 spiro atoms. The summed E-state index contributed by atoms with van der Waals surface area (Å²) in [7, 11) is 1.99. The summed E-state index contributed by atoms with van der Waals surface area (Å²) >= 11 is 6.50. The van der Waals surface area contributed by atoms with Gasteiger partial charge in [0.15, 0.2) is 11.4 Å². The van der Waals surface area contributed by atoms with Gasteiger partial charge in [-0.2, -0.15) is 5.10 Å². The van der Waals surface area contributed by atoms with E-state index in [0.717, 1.165) is 22.0 Å². The molecule has 8 heteroatoms. The first-order chi connectivity index (χ1) is 13.5. The van der Waals surface area contributed by atoms with Crippen molar-refractivity contribution in [2.24, 2.45) is 7.05 Å². The maximum Gasteiger partial charge on any atom is 0.278 e. The molecular weight excluding hydrogens is 378 g/mol. The van der Waals surface area contributed by atoms with Gasteiger partial charge < -0.3 is 14.7 Å². The van der Waals surface area contributed by atoms with Crippen molar-refractivity contribution in [1.29, 1.82) is 0 Å². The number of hydrogen-bond acceptors (Lipinski definition) is 4. The number of nitrogens with one attached hydrogen (secondary N) is 1. The lowest BCUT2D eigenvalue weighted by molar-refractivity contribution is 0.475. The number of pyridine rings is 1. The molecule has 0 radical (unpaired) electrons. The molecule has 28 heavy (non-hydrogen) atoms. The van der Waals surface area contributed by atoms with E-state index in [4.69, 9.17) is 11.6 Å². The van der Waals surface area contributed by atoms with Crippen LogP contribution in [0.5, 0.6) is 5.75 Å². The van der Waals surface area contributed by atoms with E-state index in [1.165, 1.54) is 17.3 Å². The van der Waals surface area contributed by atoms with Gasteiger partial charge in [0, 0.05) is 35.1 Å². The van der Waals surface area contributed by atoms with Crippen LogP contribution in [0, 0.1) is 0 Å². The number of aromatic hydroxyl groups is 1. The van der Waals surface area contributed by atoms with Crippen LogP contribution in [-0.2, 0) is 7.05 Å². The highest BCUT2D eigenvalue weighted by Crippen LogP contribution is 2.37. The number of H-pyrrole nitrogens is 1. The highest BCUT2D eigenvalue weighted by molar-refractivity contribution is 6.34. The average Bonchev–Trinajstić information content (AvgIpc) is 3.31. The quantitative estimate of drug-likeness (QED) is 0.481. The Balaban J connectivity index is 1.77. The summed E-state index contributed by atoms with van der Waals surface area (Å²) in [6.45, 7) is 0. The Morgan fingerprint density at radius 3 is 2.82 bits per heavy atom. The van der Waals surface area contributed by atoms with Crippen LogP contribution in [0.15, 0.2) is 60.0 Å². The molecule has 7 nitrogen and oxygen atoms in total. The van der Waals surface area contributed by atoms with Crippen molar-refractivity contribution in [2.75, 3.05) is 0 Å². The fraction of sp³-hybridized carbons (Fsp3) is 0.0500. The first-order valence-electron chi connectivity index (χ1n) is 8.52. The van der Waals surface area contributed by atoms with Gasteiger partial charge in [0.2, 0.25) is 0 Å². The largest absolute Gasteiger partial charge is 0.505 e. The number of halogens is 1. The number of aromatic nitrogens is 5. The number of benzene rings is 2. The minimum absolute atomic E-state index is 0.0109.